The molecule has 10 heteroatoms. The van der Waals surface area contributed by atoms with Crippen molar-refractivity contribution < 1.29 is 19.4 Å². The third-order valence-corrected chi connectivity index (χ3v) is 5.74. The van der Waals surface area contributed by atoms with E-state index in [0.29, 0.717) is 42.9 Å². The van der Waals surface area contributed by atoms with Gasteiger partial charge in [0.2, 0.25) is 0 Å². The number of carbonyl (C=O) groups excluding carboxylic acids is 1. The Morgan fingerprint density at radius 1 is 0.875 bits per heavy atom. The molecule has 2 aromatic carbocycles. The standard InChI is InChI=1S/C22H18Cl4N2O4/c1-2-32-22(31)14-10-19(27-17-5-3-11(23)7-15(17)25)13(21(29)30)9-20(14)28-18-6-4-12(24)8-16(18)26/h3-8,27-28H,2,9-10H2,1H3,(H,29,30). The molecule has 0 aliphatic heterocycles. The van der Waals surface area contributed by atoms with Crippen LogP contribution in [0.3, 0.4) is 0 Å². The van der Waals surface area contributed by atoms with Crippen LogP contribution in [0.15, 0.2) is 58.9 Å². The monoisotopic (exact) mass is 514 g/mol. The zero-order valence-electron chi connectivity index (χ0n) is 16.8. The number of carboxylic acids is 1. The van der Waals surface area contributed by atoms with E-state index < -0.39 is 11.9 Å². The molecule has 3 rings (SSSR count). The summed E-state index contributed by atoms with van der Waals surface area (Å²) in [7, 11) is 0. The first-order valence-electron chi connectivity index (χ1n) is 9.48. The lowest BCUT2D eigenvalue weighted by Gasteiger charge is -2.26. The van der Waals surface area contributed by atoms with Crippen molar-refractivity contribution in [2.24, 2.45) is 0 Å². The maximum absolute atomic E-state index is 12.7. The smallest absolute Gasteiger partial charge is 0.336 e. The highest BCUT2D eigenvalue weighted by Gasteiger charge is 2.30. The number of carboxylic acid groups (broad SMARTS) is 1. The van der Waals surface area contributed by atoms with Gasteiger partial charge in [0.25, 0.3) is 0 Å². The summed E-state index contributed by atoms with van der Waals surface area (Å²) in [5.74, 6) is -1.70. The van der Waals surface area contributed by atoms with Crippen molar-refractivity contribution in [3.63, 3.8) is 0 Å². The quantitative estimate of drug-likeness (QED) is 0.352. The molecule has 0 bridgehead atoms. The molecule has 0 saturated carbocycles. The number of aliphatic carboxylic acids is 1. The first-order chi connectivity index (χ1) is 15.2. The number of nitrogens with one attached hydrogen (secondary N) is 2. The van der Waals surface area contributed by atoms with E-state index in [1.54, 1.807) is 37.3 Å². The summed E-state index contributed by atoms with van der Waals surface area (Å²) in [6.45, 7) is 1.86. The lowest BCUT2D eigenvalue weighted by Crippen LogP contribution is -2.24. The third-order valence-electron chi connectivity index (χ3n) is 4.65. The summed E-state index contributed by atoms with van der Waals surface area (Å²) < 4.78 is 5.20. The number of carbonyl (C=O) groups is 2. The molecule has 32 heavy (non-hydrogen) atoms. The van der Waals surface area contributed by atoms with Gasteiger partial charge in [-0.15, -0.1) is 0 Å². The largest absolute Gasteiger partial charge is 0.478 e. The molecule has 2 aromatic rings. The predicted molar refractivity (Wildman–Crippen MR) is 128 cm³/mol. The summed E-state index contributed by atoms with van der Waals surface area (Å²) in [4.78, 5) is 24.8. The van der Waals surface area contributed by atoms with E-state index in [1.165, 1.54) is 6.07 Å². The highest BCUT2D eigenvalue weighted by atomic mass is 35.5. The average Bonchev–Trinajstić information content (AvgIpc) is 2.72. The van der Waals surface area contributed by atoms with Crippen LogP contribution in [0.5, 0.6) is 0 Å². The number of benzene rings is 2. The number of anilines is 2. The van der Waals surface area contributed by atoms with E-state index in [2.05, 4.69) is 10.6 Å². The minimum Gasteiger partial charge on any atom is -0.478 e. The molecule has 0 heterocycles. The van der Waals surface area contributed by atoms with Crippen LogP contribution in [0.25, 0.3) is 0 Å². The Labute approximate surface area is 204 Å². The van der Waals surface area contributed by atoms with Gasteiger partial charge in [0.05, 0.1) is 39.2 Å². The second-order valence-corrected chi connectivity index (χ2v) is 8.48. The number of halogens is 4. The maximum Gasteiger partial charge on any atom is 0.336 e. The van der Waals surface area contributed by atoms with Crippen LogP contribution in [0.1, 0.15) is 19.8 Å². The topological polar surface area (TPSA) is 87.7 Å². The highest BCUT2D eigenvalue weighted by Crippen LogP contribution is 2.36. The van der Waals surface area contributed by atoms with Gasteiger partial charge in [-0.05, 0) is 43.3 Å². The Bertz CT molecular complexity index is 1140. The van der Waals surface area contributed by atoms with Crippen LogP contribution in [0.4, 0.5) is 11.4 Å². The van der Waals surface area contributed by atoms with E-state index in [-0.39, 0.29) is 30.6 Å². The zero-order valence-corrected chi connectivity index (χ0v) is 19.8. The van der Waals surface area contributed by atoms with Gasteiger partial charge in [0.1, 0.15) is 0 Å². The van der Waals surface area contributed by atoms with Gasteiger partial charge in [0.15, 0.2) is 0 Å². The zero-order chi connectivity index (χ0) is 23.4. The normalized spacial score (nSPS) is 13.8. The first kappa shape index (κ1) is 24.3. The van der Waals surface area contributed by atoms with Crippen LogP contribution < -0.4 is 10.6 Å². The third kappa shape index (κ3) is 5.70. The molecule has 3 N–H and O–H groups in total. The Morgan fingerprint density at radius 3 is 1.78 bits per heavy atom. The fourth-order valence-electron chi connectivity index (χ4n) is 3.14. The molecule has 1 aliphatic rings. The number of rotatable bonds is 7. The van der Waals surface area contributed by atoms with Crippen LogP contribution in [0, 0.1) is 0 Å². The van der Waals surface area contributed by atoms with Crippen LogP contribution >= 0.6 is 46.4 Å². The van der Waals surface area contributed by atoms with Crippen molar-refractivity contribution in [1.82, 2.24) is 0 Å². The van der Waals surface area contributed by atoms with Gasteiger partial charge in [-0.1, -0.05) is 46.4 Å². The van der Waals surface area contributed by atoms with Crippen molar-refractivity contribution in [2.75, 3.05) is 17.2 Å². The first-order valence-corrected chi connectivity index (χ1v) is 11.0. The molecular formula is C22H18Cl4N2O4. The Balaban J connectivity index is 2.00. The maximum atomic E-state index is 12.7. The molecule has 0 saturated heterocycles. The van der Waals surface area contributed by atoms with Crippen molar-refractivity contribution in [1.29, 1.82) is 0 Å². The average molecular weight is 516 g/mol. The lowest BCUT2D eigenvalue weighted by molar-refractivity contribution is -0.139. The molecule has 1 aliphatic carbocycles. The summed E-state index contributed by atoms with van der Waals surface area (Å²) in [5.41, 5.74) is 1.97. The fourth-order valence-corrected chi connectivity index (χ4v) is 4.06. The molecule has 0 fully saturated rings. The van der Waals surface area contributed by atoms with Crippen molar-refractivity contribution in [2.45, 2.75) is 19.8 Å². The van der Waals surface area contributed by atoms with Crippen molar-refractivity contribution in [3.8, 4) is 0 Å². The number of allylic oxidation sites excluding steroid dienone is 2. The summed E-state index contributed by atoms with van der Waals surface area (Å²) in [5, 5.41) is 17.5. The van der Waals surface area contributed by atoms with Gasteiger partial charge in [-0.3, -0.25) is 0 Å². The summed E-state index contributed by atoms with van der Waals surface area (Å²) >= 11 is 24.4. The van der Waals surface area contributed by atoms with E-state index in [0.717, 1.165) is 0 Å². The molecule has 0 aromatic heterocycles. The van der Waals surface area contributed by atoms with E-state index >= 15 is 0 Å². The second-order valence-electron chi connectivity index (χ2n) is 6.79. The molecule has 168 valence electrons. The lowest BCUT2D eigenvalue weighted by atomic mass is 9.92. The minimum atomic E-state index is -1.14. The van der Waals surface area contributed by atoms with E-state index in [4.69, 9.17) is 51.1 Å². The van der Waals surface area contributed by atoms with Crippen molar-refractivity contribution in [3.05, 3.63) is 79.0 Å². The molecule has 0 radical (unpaired) electrons. The van der Waals surface area contributed by atoms with Gasteiger partial charge in [-0.25, -0.2) is 9.59 Å². The molecule has 0 amide bonds. The van der Waals surface area contributed by atoms with Crippen LogP contribution in [-0.4, -0.2) is 23.7 Å². The molecule has 6 nitrogen and oxygen atoms in total. The van der Waals surface area contributed by atoms with Gasteiger partial charge >= 0.3 is 11.9 Å². The number of ether oxygens (including phenoxy) is 1. The summed E-state index contributed by atoms with van der Waals surface area (Å²) in [6, 6.07) is 9.61. The second kappa shape index (κ2) is 10.5. The van der Waals surface area contributed by atoms with Gasteiger partial charge in [-0.2, -0.15) is 0 Å². The Morgan fingerprint density at radius 2 is 1.34 bits per heavy atom. The van der Waals surface area contributed by atoms with E-state index in [1.807, 2.05) is 0 Å². The molecule has 0 atom stereocenters. The highest BCUT2D eigenvalue weighted by molar-refractivity contribution is 6.37. The molecule has 0 unspecified atom stereocenters. The fraction of sp³-hybridized carbons (Fsp3) is 0.182. The minimum absolute atomic E-state index is 0.0209. The van der Waals surface area contributed by atoms with E-state index in [9.17, 15) is 14.7 Å². The van der Waals surface area contributed by atoms with Crippen LogP contribution in [0.2, 0.25) is 20.1 Å². The van der Waals surface area contributed by atoms with Crippen molar-refractivity contribution >= 4 is 69.7 Å². The number of hydrogen-bond donors (Lipinski definition) is 3. The van der Waals surface area contributed by atoms with Gasteiger partial charge in [0, 0.05) is 34.3 Å². The van der Waals surface area contributed by atoms with Crippen LogP contribution in [-0.2, 0) is 14.3 Å². The Kier molecular flexibility index (Phi) is 7.96. The van der Waals surface area contributed by atoms with Gasteiger partial charge < -0.3 is 20.5 Å². The number of esters is 1. The molecular weight excluding hydrogens is 498 g/mol. The Hall–Kier alpha value is -2.38. The molecule has 0 spiro atoms. The number of hydrogen-bond acceptors (Lipinski definition) is 5. The predicted octanol–water partition coefficient (Wildman–Crippen LogP) is 6.77. The summed E-state index contributed by atoms with van der Waals surface area (Å²) in [6.07, 6.45) is -0.0943. The SMILES string of the molecule is CCOC(=O)C1=C(Nc2ccc(Cl)cc2Cl)CC(C(=O)O)=C(Nc2ccc(Cl)cc2Cl)C1.